The molecule has 2 amide bonds. The number of likely N-dealkylation sites (N-methyl/N-ethyl adjacent to an activating group) is 1. The summed E-state index contributed by atoms with van der Waals surface area (Å²) in [5.74, 6) is -1.11. The number of likely N-dealkylation sites (tertiary alicyclic amines) is 1. The van der Waals surface area contributed by atoms with Gasteiger partial charge in [-0.15, -0.1) is 11.3 Å². The maximum atomic E-state index is 13.5. The second-order valence-electron chi connectivity index (χ2n) is 10.7. The molecule has 0 aliphatic carbocycles. The minimum absolute atomic E-state index is 0.122. The first-order chi connectivity index (χ1) is 21.1. The molecule has 3 aromatic rings. The molecule has 44 heavy (non-hydrogen) atoms. The number of nitrogens with zero attached hydrogens (tertiary/aromatic N) is 3. The minimum atomic E-state index is -4.13. The van der Waals surface area contributed by atoms with Crippen LogP contribution in [0.2, 0.25) is 5.02 Å². The Kier molecular flexibility index (Phi) is 10.5. The van der Waals surface area contributed by atoms with Crippen LogP contribution in [0.15, 0.2) is 48.7 Å². The molecule has 0 radical (unpaired) electrons. The lowest BCUT2D eigenvalue weighted by atomic mass is 10.1. The molecule has 3 N–H and O–H groups in total. The standard InChI is InChI=1S/C29H34ClFN6O5S2/c1-36-26(28(39)34-20-7-10-24(31)23(30)15-20)16-25(35-44(36,40)41)27(38)32-17-22-18-33-29(43-22)19-5-8-21(9-6-19)42-14-4-13-37-11-2-3-12-37/h5-10,15,18,25-26,35H,2-4,11-14,16-17H2,1H3,(H,32,38)(H,34,39). The van der Waals surface area contributed by atoms with E-state index in [2.05, 4.69) is 25.2 Å². The predicted octanol–water partition coefficient (Wildman–Crippen LogP) is 3.63. The number of nitrogens with one attached hydrogen (secondary N) is 3. The summed E-state index contributed by atoms with van der Waals surface area (Å²) in [5.41, 5.74) is 1.11. The summed E-state index contributed by atoms with van der Waals surface area (Å²) < 4.78 is 48.0. The number of amides is 2. The number of carbonyl (C=O) groups is 2. The minimum Gasteiger partial charge on any atom is -0.494 e. The highest BCUT2D eigenvalue weighted by molar-refractivity contribution is 7.87. The SMILES string of the molecule is CN1C(C(=O)Nc2ccc(F)c(Cl)c2)CC(C(=O)NCc2cnc(-c3ccc(OCCCN4CCCC4)cc3)s2)NS1(=O)=O. The van der Waals surface area contributed by atoms with Crippen molar-refractivity contribution in [3.05, 3.63) is 64.4 Å². The Bertz CT molecular complexity index is 1580. The van der Waals surface area contributed by atoms with Crippen molar-refractivity contribution in [3.8, 4) is 16.3 Å². The van der Waals surface area contributed by atoms with E-state index in [1.807, 2.05) is 24.3 Å². The van der Waals surface area contributed by atoms with Gasteiger partial charge in [0.05, 0.1) is 18.2 Å². The number of anilines is 1. The Morgan fingerprint density at radius 1 is 1.16 bits per heavy atom. The second-order valence-corrected chi connectivity index (χ2v) is 14.0. The van der Waals surface area contributed by atoms with E-state index in [1.54, 1.807) is 6.20 Å². The maximum Gasteiger partial charge on any atom is 0.280 e. The Morgan fingerprint density at radius 2 is 1.91 bits per heavy atom. The summed E-state index contributed by atoms with van der Waals surface area (Å²) in [6.45, 7) is 4.22. The zero-order valence-corrected chi connectivity index (χ0v) is 26.5. The largest absolute Gasteiger partial charge is 0.494 e. The van der Waals surface area contributed by atoms with Gasteiger partial charge < -0.3 is 20.3 Å². The van der Waals surface area contributed by atoms with Crippen molar-refractivity contribution in [2.24, 2.45) is 0 Å². The molecule has 2 aliphatic rings. The number of halogens is 2. The van der Waals surface area contributed by atoms with Gasteiger partial charge in [0.1, 0.15) is 28.7 Å². The lowest BCUT2D eigenvalue weighted by Crippen LogP contribution is -2.62. The molecule has 236 valence electrons. The summed E-state index contributed by atoms with van der Waals surface area (Å²) in [6.07, 6.45) is 5.09. The number of aromatic nitrogens is 1. The van der Waals surface area contributed by atoms with Gasteiger partial charge in [0.2, 0.25) is 11.8 Å². The number of carbonyl (C=O) groups excluding carboxylic acids is 2. The lowest BCUT2D eigenvalue weighted by Gasteiger charge is -2.35. The monoisotopic (exact) mass is 664 g/mol. The van der Waals surface area contributed by atoms with E-state index in [0.717, 1.165) is 44.5 Å². The second kappa shape index (κ2) is 14.3. The van der Waals surface area contributed by atoms with Crippen molar-refractivity contribution in [2.75, 3.05) is 38.6 Å². The molecule has 1 aromatic heterocycles. The van der Waals surface area contributed by atoms with Crippen molar-refractivity contribution < 1.29 is 27.1 Å². The number of hydrogen-bond donors (Lipinski definition) is 3. The van der Waals surface area contributed by atoms with Gasteiger partial charge in [-0.25, -0.2) is 9.37 Å². The van der Waals surface area contributed by atoms with Crippen LogP contribution in [-0.4, -0.2) is 79.8 Å². The topological polar surface area (TPSA) is 133 Å². The third-order valence-electron chi connectivity index (χ3n) is 7.55. The molecule has 2 atom stereocenters. The van der Waals surface area contributed by atoms with Gasteiger partial charge in [0.25, 0.3) is 10.2 Å². The quantitative estimate of drug-likeness (QED) is 0.267. The van der Waals surface area contributed by atoms with Crippen LogP contribution in [0.1, 0.15) is 30.6 Å². The molecule has 2 aromatic carbocycles. The van der Waals surface area contributed by atoms with Crippen molar-refractivity contribution in [3.63, 3.8) is 0 Å². The number of rotatable bonds is 11. The highest BCUT2D eigenvalue weighted by Crippen LogP contribution is 2.27. The average molecular weight is 665 g/mol. The fourth-order valence-electron chi connectivity index (χ4n) is 5.08. The third kappa shape index (κ3) is 8.11. The first-order valence-electron chi connectivity index (χ1n) is 14.3. The van der Waals surface area contributed by atoms with Crippen LogP contribution >= 0.6 is 22.9 Å². The van der Waals surface area contributed by atoms with Crippen molar-refractivity contribution in [1.29, 1.82) is 0 Å². The van der Waals surface area contributed by atoms with Crippen LogP contribution in [0.3, 0.4) is 0 Å². The molecule has 3 heterocycles. The summed E-state index contributed by atoms with van der Waals surface area (Å²) >= 11 is 7.19. The molecule has 2 aliphatic heterocycles. The van der Waals surface area contributed by atoms with E-state index < -0.39 is 39.9 Å². The highest BCUT2D eigenvalue weighted by Gasteiger charge is 2.42. The molecule has 11 nitrogen and oxygen atoms in total. The Balaban J connectivity index is 1.12. The van der Waals surface area contributed by atoms with Crippen molar-refractivity contribution in [2.45, 2.75) is 44.3 Å². The predicted molar refractivity (Wildman–Crippen MR) is 167 cm³/mol. The fourth-order valence-corrected chi connectivity index (χ4v) is 7.36. The van der Waals surface area contributed by atoms with Crippen LogP contribution in [-0.2, 0) is 26.3 Å². The van der Waals surface area contributed by atoms with Gasteiger partial charge in [0, 0.05) is 35.9 Å². The molecule has 5 rings (SSSR count). The summed E-state index contributed by atoms with van der Waals surface area (Å²) in [5, 5.41) is 5.86. The van der Waals surface area contributed by atoms with Gasteiger partial charge >= 0.3 is 0 Å². The van der Waals surface area contributed by atoms with Crippen LogP contribution in [0.25, 0.3) is 10.6 Å². The van der Waals surface area contributed by atoms with Crippen LogP contribution in [0, 0.1) is 5.82 Å². The van der Waals surface area contributed by atoms with Crippen molar-refractivity contribution >= 4 is 50.6 Å². The van der Waals surface area contributed by atoms with E-state index in [-0.39, 0.29) is 23.7 Å². The summed E-state index contributed by atoms with van der Waals surface area (Å²) in [6, 6.07) is 8.95. The van der Waals surface area contributed by atoms with E-state index in [9.17, 15) is 22.4 Å². The van der Waals surface area contributed by atoms with E-state index >= 15 is 0 Å². The van der Waals surface area contributed by atoms with Gasteiger partial charge in [0.15, 0.2) is 0 Å². The van der Waals surface area contributed by atoms with Gasteiger partial charge in [-0.05, 0) is 81.2 Å². The number of benzene rings is 2. The van der Waals surface area contributed by atoms with Gasteiger partial charge in [-0.1, -0.05) is 11.6 Å². The van der Waals surface area contributed by atoms with Gasteiger partial charge in [-0.2, -0.15) is 17.4 Å². The summed E-state index contributed by atoms with van der Waals surface area (Å²) in [7, 11) is -2.89. The first-order valence-corrected chi connectivity index (χ1v) is 16.9. The maximum absolute atomic E-state index is 13.5. The normalized spacial score (nSPS) is 20.3. The van der Waals surface area contributed by atoms with Crippen LogP contribution in [0.5, 0.6) is 5.75 Å². The van der Waals surface area contributed by atoms with Gasteiger partial charge in [-0.3, -0.25) is 9.59 Å². The van der Waals surface area contributed by atoms with Crippen LogP contribution < -0.4 is 20.1 Å². The molecule has 0 bridgehead atoms. The Morgan fingerprint density at radius 3 is 2.64 bits per heavy atom. The fraction of sp³-hybridized carbons (Fsp3) is 0.414. The van der Waals surface area contributed by atoms with E-state index in [1.165, 1.54) is 56.4 Å². The average Bonchev–Trinajstić information content (AvgIpc) is 3.70. The first kappa shape index (κ1) is 32.3. The Labute approximate surface area is 264 Å². The molecule has 0 spiro atoms. The lowest BCUT2D eigenvalue weighted by molar-refractivity contribution is -0.124. The Hall–Kier alpha value is -3.14. The molecule has 0 saturated carbocycles. The molecular weight excluding hydrogens is 631 g/mol. The molecular formula is C29H34ClFN6O5S2. The van der Waals surface area contributed by atoms with E-state index in [4.69, 9.17) is 16.3 Å². The molecule has 15 heteroatoms. The van der Waals surface area contributed by atoms with Crippen LogP contribution in [0.4, 0.5) is 10.1 Å². The number of thiazole rings is 1. The zero-order chi connectivity index (χ0) is 31.3. The van der Waals surface area contributed by atoms with E-state index in [0.29, 0.717) is 6.61 Å². The highest BCUT2D eigenvalue weighted by atomic mass is 35.5. The number of ether oxygens (including phenoxy) is 1. The zero-order valence-electron chi connectivity index (χ0n) is 24.1. The third-order valence-corrected chi connectivity index (χ3v) is 10.5. The smallest absolute Gasteiger partial charge is 0.280 e. The number of hydrogen-bond acceptors (Lipinski definition) is 8. The molecule has 2 saturated heterocycles. The van der Waals surface area contributed by atoms with Crippen molar-refractivity contribution in [1.82, 2.24) is 24.2 Å². The molecule has 2 fully saturated rings. The summed E-state index contributed by atoms with van der Waals surface area (Å²) in [4.78, 5) is 33.6. The molecule has 2 unspecified atom stereocenters.